The van der Waals surface area contributed by atoms with Crippen LogP contribution in [-0.4, -0.2) is 26.8 Å². The molecule has 2 aromatic heterocycles. The Balaban J connectivity index is 1.91. The zero-order chi connectivity index (χ0) is 15.5. The molecule has 3 aromatic rings. The molecule has 0 saturated heterocycles. The Labute approximate surface area is 133 Å². The fourth-order valence-corrected chi connectivity index (χ4v) is 2.91. The summed E-state index contributed by atoms with van der Waals surface area (Å²) in [6, 6.07) is 11.6. The number of thiazole rings is 1. The van der Waals surface area contributed by atoms with Gasteiger partial charge in [0, 0.05) is 23.0 Å². The fourth-order valence-electron chi connectivity index (χ4n) is 2.30. The summed E-state index contributed by atoms with van der Waals surface area (Å²) in [6.07, 6.45) is 1.76. The second-order valence-corrected chi connectivity index (χ2v) is 6.32. The van der Waals surface area contributed by atoms with Crippen LogP contribution in [0, 0.1) is 0 Å². The quantitative estimate of drug-likeness (QED) is 0.737. The van der Waals surface area contributed by atoms with Gasteiger partial charge in [0.1, 0.15) is 10.7 Å². The van der Waals surface area contributed by atoms with Gasteiger partial charge in [-0.15, -0.1) is 11.3 Å². The summed E-state index contributed by atoms with van der Waals surface area (Å²) in [5.74, 6) is -0.0593. The highest BCUT2D eigenvalue weighted by Crippen LogP contribution is 2.17. The molecule has 0 saturated carbocycles. The van der Waals surface area contributed by atoms with E-state index >= 15 is 0 Å². The van der Waals surface area contributed by atoms with Crippen molar-refractivity contribution in [1.29, 1.82) is 0 Å². The molecule has 0 fully saturated rings. The van der Waals surface area contributed by atoms with Crippen molar-refractivity contribution in [3.05, 3.63) is 58.7 Å². The lowest BCUT2D eigenvalue weighted by Crippen LogP contribution is -2.36. The predicted octanol–water partition coefficient (Wildman–Crippen LogP) is 3.74. The number of pyridine rings is 1. The first-order chi connectivity index (χ1) is 10.6. The van der Waals surface area contributed by atoms with Crippen molar-refractivity contribution in [2.45, 2.75) is 26.4 Å². The first-order valence-electron chi connectivity index (χ1n) is 7.20. The van der Waals surface area contributed by atoms with Gasteiger partial charge in [-0.05, 0) is 26.0 Å². The standard InChI is InChI=1S/C17H17N3OS/c1-12(2)20(11-16-18-9-10-22-16)17(21)15-8-7-13-5-3-4-6-14(13)19-15/h3-10,12H,11H2,1-2H3. The molecule has 1 amide bonds. The molecule has 0 unspecified atom stereocenters. The number of para-hydroxylation sites is 1. The lowest BCUT2D eigenvalue weighted by atomic mass is 10.2. The van der Waals surface area contributed by atoms with Crippen LogP contribution in [0.5, 0.6) is 0 Å². The SMILES string of the molecule is CC(C)N(Cc1nccs1)C(=O)c1ccc2ccccc2n1. The summed E-state index contributed by atoms with van der Waals surface area (Å²) >= 11 is 1.56. The van der Waals surface area contributed by atoms with E-state index in [1.807, 2.05) is 49.6 Å². The molecule has 0 spiro atoms. The Kier molecular flexibility index (Phi) is 4.15. The van der Waals surface area contributed by atoms with Gasteiger partial charge in [-0.2, -0.15) is 0 Å². The molecule has 0 bridgehead atoms. The van der Waals surface area contributed by atoms with Crippen molar-refractivity contribution in [3.63, 3.8) is 0 Å². The summed E-state index contributed by atoms with van der Waals surface area (Å²) in [5.41, 5.74) is 1.32. The van der Waals surface area contributed by atoms with Gasteiger partial charge in [0.2, 0.25) is 0 Å². The smallest absolute Gasteiger partial charge is 0.273 e. The second-order valence-electron chi connectivity index (χ2n) is 5.34. The van der Waals surface area contributed by atoms with Gasteiger partial charge < -0.3 is 4.90 Å². The largest absolute Gasteiger partial charge is 0.328 e. The number of fused-ring (bicyclic) bond motifs is 1. The Morgan fingerprint density at radius 1 is 1.23 bits per heavy atom. The molecule has 0 aliphatic carbocycles. The van der Waals surface area contributed by atoms with E-state index in [2.05, 4.69) is 9.97 Å². The number of amides is 1. The molecule has 2 heterocycles. The average Bonchev–Trinajstić information content (AvgIpc) is 3.04. The van der Waals surface area contributed by atoms with Crippen molar-refractivity contribution in [3.8, 4) is 0 Å². The van der Waals surface area contributed by atoms with E-state index in [0.29, 0.717) is 12.2 Å². The Morgan fingerprint density at radius 2 is 2.05 bits per heavy atom. The van der Waals surface area contributed by atoms with Crippen LogP contribution >= 0.6 is 11.3 Å². The molecule has 0 radical (unpaired) electrons. The van der Waals surface area contributed by atoms with Gasteiger partial charge in [-0.25, -0.2) is 9.97 Å². The molecule has 0 atom stereocenters. The maximum Gasteiger partial charge on any atom is 0.273 e. The number of nitrogens with zero attached hydrogens (tertiary/aromatic N) is 3. The van der Waals surface area contributed by atoms with Gasteiger partial charge in [-0.3, -0.25) is 4.79 Å². The molecule has 1 aromatic carbocycles. The van der Waals surface area contributed by atoms with E-state index in [1.165, 1.54) is 0 Å². The number of benzene rings is 1. The average molecular weight is 311 g/mol. The van der Waals surface area contributed by atoms with Crippen molar-refractivity contribution in [2.75, 3.05) is 0 Å². The highest BCUT2D eigenvalue weighted by Gasteiger charge is 2.21. The fraction of sp³-hybridized carbons (Fsp3) is 0.235. The molecule has 0 N–H and O–H groups in total. The van der Waals surface area contributed by atoms with Crippen LogP contribution in [-0.2, 0) is 6.54 Å². The Bertz CT molecular complexity index is 783. The summed E-state index contributed by atoms with van der Waals surface area (Å²) in [7, 11) is 0. The minimum atomic E-state index is -0.0593. The lowest BCUT2D eigenvalue weighted by molar-refractivity contribution is 0.0684. The number of carbonyl (C=O) groups is 1. The summed E-state index contributed by atoms with van der Waals surface area (Å²) in [4.78, 5) is 23.4. The second kappa shape index (κ2) is 6.23. The molecule has 0 aliphatic heterocycles. The van der Waals surface area contributed by atoms with Gasteiger partial charge in [0.15, 0.2) is 0 Å². The third-order valence-electron chi connectivity index (χ3n) is 3.49. The first kappa shape index (κ1) is 14.7. The summed E-state index contributed by atoms with van der Waals surface area (Å²) < 4.78 is 0. The molecule has 4 nitrogen and oxygen atoms in total. The van der Waals surface area contributed by atoms with Crippen molar-refractivity contribution < 1.29 is 4.79 Å². The number of carbonyl (C=O) groups excluding carboxylic acids is 1. The van der Waals surface area contributed by atoms with Crippen LogP contribution in [0.25, 0.3) is 10.9 Å². The Morgan fingerprint density at radius 3 is 2.77 bits per heavy atom. The van der Waals surface area contributed by atoms with E-state index in [-0.39, 0.29) is 11.9 Å². The third-order valence-corrected chi connectivity index (χ3v) is 4.26. The molecular formula is C17H17N3OS. The number of hydrogen-bond donors (Lipinski definition) is 0. The molecular weight excluding hydrogens is 294 g/mol. The minimum absolute atomic E-state index is 0.0593. The van der Waals surface area contributed by atoms with Gasteiger partial charge in [-0.1, -0.05) is 24.3 Å². The molecule has 3 rings (SSSR count). The minimum Gasteiger partial charge on any atom is -0.328 e. The number of aromatic nitrogens is 2. The van der Waals surface area contributed by atoms with Crippen LogP contribution < -0.4 is 0 Å². The van der Waals surface area contributed by atoms with E-state index in [4.69, 9.17) is 0 Å². The third kappa shape index (κ3) is 2.99. The maximum absolute atomic E-state index is 12.8. The molecule has 22 heavy (non-hydrogen) atoms. The molecule has 0 aliphatic rings. The summed E-state index contributed by atoms with van der Waals surface area (Å²) in [6.45, 7) is 4.53. The predicted molar refractivity (Wildman–Crippen MR) is 88.9 cm³/mol. The van der Waals surface area contributed by atoms with Crippen LogP contribution in [0.3, 0.4) is 0 Å². The van der Waals surface area contributed by atoms with Crippen LogP contribution in [0.2, 0.25) is 0 Å². The molecule has 5 heteroatoms. The zero-order valence-corrected chi connectivity index (χ0v) is 13.4. The van der Waals surface area contributed by atoms with Crippen molar-refractivity contribution in [1.82, 2.24) is 14.9 Å². The topological polar surface area (TPSA) is 46.1 Å². The van der Waals surface area contributed by atoms with Gasteiger partial charge in [0.05, 0.1) is 12.1 Å². The van der Waals surface area contributed by atoms with Crippen LogP contribution in [0.1, 0.15) is 29.3 Å². The van der Waals surface area contributed by atoms with Crippen LogP contribution in [0.4, 0.5) is 0 Å². The molecule has 112 valence electrons. The number of rotatable bonds is 4. The maximum atomic E-state index is 12.8. The van der Waals surface area contributed by atoms with Gasteiger partial charge in [0.25, 0.3) is 5.91 Å². The Hall–Kier alpha value is -2.27. The lowest BCUT2D eigenvalue weighted by Gasteiger charge is -2.25. The highest BCUT2D eigenvalue weighted by atomic mass is 32.1. The zero-order valence-electron chi connectivity index (χ0n) is 12.6. The van der Waals surface area contributed by atoms with Crippen molar-refractivity contribution in [2.24, 2.45) is 0 Å². The van der Waals surface area contributed by atoms with E-state index in [1.54, 1.807) is 28.5 Å². The first-order valence-corrected chi connectivity index (χ1v) is 8.08. The normalized spacial score (nSPS) is 11.0. The van der Waals surface area contributed by atoms with Crippen molar-refractivity contribution >= 4 is 28.1 Å². The van der Waals surface area contributed by atoms with Gasteiger partial charge >= 0.3 is 0 Å². The van der Waals surface area contributed by atoms with E-state index in [0.717, 1.165) is 15.9 Å². The van der Waals surface area contributed by atoms with E-state index < -0.39 is 0 Å². The summed E-state index contributed by atoms with van der Waals surface area (Å²) in [5, 5.41) is 3.89. The number of hydrogen-bond acceptors (Lipinski definition) is 4. The van der Waals surface area contributed by atoms with Crippen LogP contribution in [0.15, 0.2) is 48.0 Å². The highest BCUT2D eigenvalue weighted by molar-refractivity contribution is 7.09. The van der Waals surface area contributed by atoms with E-state index in [9.17, 15) is 4.79 Å². The monoisotopic (exact) mass is 311 g/mol.